The summed E-state index contributed by atoms with van der Waals surface area (Å²) < 4.78 is 27.9. The van der Waals surface area contributed by atoms with Crippen molar-refractivity contribution in [1.29, 1.82) is 0 Å². The summed E-state index contributed by atoms with van der Waals surface area (Å²) in [5.74, 6) is 0.150. The summed E-state index contributed by atoms with van der Waals surface area (Å²) >= 11 is 1.54. The smallest absolute Gasteiger partial charge is 0.191 e. The first kappa shape index (κ1) is 15.7. The first-order valence-electron chi connectivity index (χ1n) is 7.12. The molecule has 0 radical (unpaired) electrons. The highest BCUT2D eigenvalue weighted by molar-refractivity contribution is 7.99. The van der Waals surface area contributed by atoms with Gasteiger partial charge in [0.25, 0.3) is 0 Å². The summed E-state index contributed by atoms with van der Waals surface area (Å²) in [5.41, 5.74) is 1.82. The highest BCUT2D eigenvalue weighted by atomic mass is 32.2. The number of hydrogen-bond donors (Lipinski definition) is 0. The van der Waals surface area contributed by atoms with Crippen molar-refractivity contribution in [2.75, 3.05) is 0 Å². The maximum Gasteiger partial charge on any atom is 0.191 e. The Kier molecular flexibility index (Phi) is 4.43. The molecule has 3 aromatic rings. The van der Waals surface area contributed by atoms with Crippen molar-refractivity contribution in [2.45, 2.75) is 17.3 Å². The summed E-state index contributed by atoms with van der Waals surface area (Å²) in [6.45, 7) is 2.03. The van der Waals surface area contributed by atoms with Gasteiger partial charge in [0.2, 0.25) is 0 Å². The van der Waals surface area contributed by atoms with Crippen molar-refractivity contribution in [3.05, 3.63) is 65.7 Å². The Bertz CT molecular complexity index is 798. The SMILES string of the molecule is CC(Sc1nnc(-c2ccc(F)cc2)n1C)c1ccc(F)cc1. The van der Waals surface area contributed by atoms with Crippen LogP contribution in [0, 0.1) is 11.6 Å². The minimum absolute atomic E-state index is 0.111. The van der Waals surface area contributed by atoms with E-state index < -0.39 is 0 Å². The van der Waals surface area contributed by atoms with Crippen LogP contribution < -0.4 is 0 Å². The number of rotatable bonds is 4. The molecule has 0 fully saturated rings. The lowest BCUT2D eigenvalue weighted by atomic mass is 10.2. The highest BCUT2D eigenvalue weighted by Gasteiger charge is 2.15. The lowest BCUT2D eigenvalue weighted by Crippen LogP contribution is -1.97. The molecule has 0 aliphatic heterocycles. The van der Waals surface area contributed by atoms with Gasteiger partial charge in [-0.05, 0) is 48.9 Å². The molecule has 3 nitrogen and oxygen atoms in total. The van der Waals surface area contributed by atoms with Crippen molar-refractivity contribution in [3.8, 4) is 11.4 Å². The molecule has 0 amide bonds. The Morgan fingerprint density at radius 2 is 1.48 bits per heavy atom. The van der Waals surface area contributed by atoms with E-state index in [0.717, 1.165) is 16.3 Å². The molecule has 1 unspecified atom stereocenters. The number of nitrogens with zero attached hydrogens (tertiary/aromatic N) is 3. The van der Waals surface area contributed by atoms with Gasteiger partial charge in [0.05, 0.1) is 0 Å². The maximum absolute atomic E-state index is 13.0. The predicted octanol–water partition coefficient (Wildman–Crippen LogP) is 4.61. The molecule has 0 bridgehead atoms. The van der Waals surface area contributed by atoms with Gasteiger partial charge in [-0.25, -0.2) is 8.78 Å². The predicted molar refractivity (Wildman–Crippen MR) is 87.1 cm³/mol. The van der Waals surface area contributed by atoms with Crippen molar-refractivity contribution < 1.29 is 8.78 Å². The van der Waals surface area contributed by atoms with E-state index in [1.807, 2.05) is 18.5 Å². The van der Waals surface area contributed by atoms with E-state index in [9.17, 15) is 8.78 Å². The zero-order chi connectivity index (χ0) is 16.4. The van der Waals surface area contributed by atoms with Gasteiger partial charge in [0, 0.05) is 17.9 Å². The van der Waals surface area contributed by atoms with E-state index in [4.69, 9.17) is 0 Å². The van der Waals surface area contributed by atoms with Gasteiger partial charge in [-0.1, -0.05) is 23.9 Å². The zero-order valence-corrected chi connectivity index (χ0v) is 13.5. The first-order chi connectivity index (χ1) is 11.0. The third-order valence-corrected chi connectivity index (χ3v) is 4.75. The van der Waals surface area contributed by atoms with Crippen molar-refractivity contribution >= 4 is 11.8 Å². The van der Waals surface area contributed by atoms with Crippen LogP contribution in [0.3, 0.4) is 0 Å². The summed E-state index contributed by atoms with van der Waals surface area (Å²) in [6.07, 6.45) is 0. The van der Waals surface area contributed by atoms with Crippen molar-refractivity contribution in [1.82, 2.24) is 14.8 Å². The molecule has 0 N–H and O–H groups in total. The van der Waals surface area contributed by atoms with Crippen LogP contribution >= 0.6 is 11.8 Å². The average Bonchev–Trinajstić information content (AvgIpc) is 2.90. The van der Waals surface area contributed by atoms with Crippen LogP contribution in [0.15, 0.2) is 53.7 Å². The van der Waals surface area contributed by atoms with Gasteiger partial charge < -0.3 is 4.57 Å². The van der Waals surface area contributed by atoms with E-state index in [1.54, 1.807) is 36.0 Å². The Hall–Kier alpha value is -2.21. The number of benzene rings is 2. The molecule has 0 aliphatic rings. The fourth-order valence-electron chi connectivity index (χ4n) is 2.23. The van der Waals surface area contributed by atoms with Gasteiger partial charge in [0.1, 0.15) is 11.6 Å². The first-order valence-corrected chi connectivity index (χ1v) is 8.00. The second-order valence-corrected chi connectivity index (χ2v) is 6.49. The lowest BCUT2D eigenvalue weighted by Gasteiger charge is -2.11. The Morgan fingerprint density at radius 1 is 0.913 bits per heavy atom. The fraction of sp³-hybridized carbons (Fsp3) is 0.176. The minimum Gasteiger partial charge on any atom is -0.305 e. The van der Waals surface area contributed by atoms with E-state index in [2.05, 4.69) is 10.2 Å². The fourth-order valence-corrected chi connectivity index (χ4v) is 3.17. The molecule has 6 heteroatoms. The highest BCUT2D eigenvalue weighted by Crippen LogP contribution is 2.34. The van der Waals surface area contributed by atoms with E-state index in [1.165, 1.54) is 24.3 Å². The van der Waals surface area contributed by atoms with Crippen LogP contribution in [0.25, 0.3) is 11.4 Å². The number of aromatic nitrogens is 3. The summed E-state index contributed by atoms with van der Waals surface area (Å²) in [5, 5.41) is 9.25. The molecular weight excluding hydrogens is 316 g/mol. The van der Waals surface area contributed by atoms with Crippen LogP contribution in [0.2, 0.25) is 0 Å². The molecule has 1 heterocycles. The molecule has 1 aromatic heterocycles. The van der Waals surface area contributed by atoms with Gasteiger partial charge in [-0.15, -0.1) is 10.2 Å². The molecule has 0 saturated heterocycles. The lowest BCUT2D eigenvalue weighted by molar-refractivity contribution is 0.627. The van der Waals surface area contributed by atoms with Crippen LogP contribution in [-0.4, -0.2) is 14.8 Å². The molecular formula is C17H15F2N3S. The number of halogens is 2. The van der Waals surface area contributed by atoms with E-state index >= 15 is 0 Å². The maximum atomic E-state index is 13.0. The molecule has 0 saturated carbocycles. The molecule has 2 aromatic carbocycles. The molecule has 0 aliphatic carbocycles. The number of hydrogen-bond acceptors (Lipinski definition) is 3. The second-order valence-electron chi connectivity index (χ2n) is 5.18. The Labute approximate surface area is 137 Å². The monoisotopic (exact) mass is 331 g/mol. The average molecular weight is 331 g/mol. The van der Waals surface area contributed by atoms with Crippen LogP contribution in [0.1, 0.15) is 17.7 Å². The van der Waals surface area contributed by atoms with Crippen molar-refractivity contribution in [2.24, 2.45) is 7.05 Å². The summed E-state index contributed by atoms with van der Waals surface area (Å²) in [7, 11) is 1.87. The topological polar surface area (TPSA) is 30.7 Å². The van der Waals surface area contributed by atoms with Crippen LogP contribution in [-0.2, 0) is 7.05 Å². The molecule has 3 rings (SSSR count). The molecule has 0 spiro atoms. The van der Waals surface area contributed by atoms with E-state index in [-0.39, 0.29) is 16.9 Å². The third kappa shape index (κ3) is 3.42. The van der Waals surface area contributed by atoms with Crippen molar-refractivity contribution in [3.63, 3.8) is 0 Å². The summed E-state index contributed by atoms with van der Waals surface area (Å²) in [6, 6.07) is 12.6. The Morgan fingerprint density at radius 3 is 2.09 bits per heavy atom. The molecule has 1 atom stereocenters. The molecule has 118 valence electrons. The standard InChI is InChI=1S/C17H15F2N3S/c1-11(12-3-7-14(18)8-4-12)23-17-21-20-16(22(17)2)13-5-9-15(19)10-6-13/h3-11H,1-2H3. The number of thioether (sulfide) groups is 1. The quantitative estimate of drug-likeness (QED) is 0.654. The normalized spacial score (nSPS) is 12.3. The second kappa shape index (κ2) is 6.50. The third-order valence-electron chi connectivity index (χ3n) is 3.56. The molecule has 23 heavy (non-hydrogen) atoms. The van der Waals surface area contributed by atoms with Gasteiger partial charge >= 0.3 is 0 Å². The largest absolute Gasteiger partial charge is 0.305 e. The summed E-state index contributed by atoms with van der Waals surface area (Å²) in [4.78, 5) is 0. The minimum atomic E-state index is -0.282. The van der Waals surface area contributed by atoms with Crippen LogP contribution in [0.5, 0.6) is 0 Å². The van der Waals surface area contributed by atoms with Gasteiger partial charge in [-0.2, -0.15) is 0 Å². The Balaban J connectivity index is 1.81. The van der Waals surface area contributed by atoms with Gasteiger partial charge in [0.15, 0.2) is 11.0 Å². The van der Waals surface area contributed by atoms with E-state index in [0.29, 0.717) is 5.82 Å². The van der Waals surface area contributed by atoms with Crippen LogP contribution in [0.4, 0.5) is 8.78 Å². The van der Waals surface area contributed by atoms with Gasteiger partial charge in [-0.3, -0.25) is 0 Å². The zero-order valence-electron chi connectivity index (χ0n) is 12.7.